The van der Waals surface area contributed by atoms with Crippen LogP contribution in [0.5, 0.6) is 0 Å². The van der Waals surface area contributed by atoms with Gasteiger partial charge in [0.2, 0.25) is 0 Å². The Morgan fingerprint density at radius 3 is 2.38 bits per heavy atom. The molecular formula is C21H23F3N4O3S. The molecule has 0 unspecified atom stereocenters. The minimum atomic E-state index is -4.58. The third kappa shape index (κ3) is 5.40. The van der Waals surface area contributed by atoms with E-state index >= 15 is 0 Å². The van der Waals surface area contributed by atoms with Gasteiger partial charge in [-0.3, -0.25) is 9.62 Å². The van der Waals surface area contributed by atoms with E-state index in [1.807, 2.05) is 30.5 Å². The van der Waals surface area contributed by atoms with Gasteiger partial charge in [0, 0.05) is 36.4 Å². The second kappa shape index (κ2) is 9.61. The zero-order valence-electron chi connectivity index (χ0n) is 17.7. The predicted octanol–water partition coefficient (Wildman–Crippen LogP) is 4.35. The molecule has 3 aromatic rings. The minimum Gasteiger partial charge on any atom is -0.381 e. The summed E-state index contributed by atoms with van der Waals surface area (Å²) in [6.45, 7) is 4.46. The molecule has 0 spiro atoms. The molecule has 0 saturated heterocycles. The van der Waals surface area contributed by atoms with Gasteiger partial charge in [-0.05, 0) is 44.7 Å². The molecule has 2 N–H and O–H groups in total. The van der Waals surface area contributed by atoms with Gasteiger partial charge in [-0.25, -0.2) is 21.6 Å². The van der Waals surface area contributed by atoms with Crippen LogP contribution in [0.1, 0.15) is 25.0 Å². The minimum absolute atomic E-state index is 0.0354. The van der Waals surface area contributed by atoms with Crippen molar-refractivity contribution in [3.05, 3.63) is 71.2 Å². The van der Waals surface area contributed by atoms with Crippen molar-refractivity contribution >= 4 is 21.5 Å². The molecule has 0 radical (unpaired) electrons. The molecule has 0 saturated carbocycles. The molecule has 0 aliphatic heterocycles. The number of aromatic nitrogens is 1. The molecule has 2 aromatic carbocycles. The first kappa shape index (κ1) is 23.6. The van der Waals surface area contributed by atoms with Crippen molar-refractivity contribution in [3.8, 4) is 0 Å². The number of hydrogen-bond donors (Lipinski definition) is 2. The van der Waals surface area contributed by atoms with Crippen molar-refractivity contribution in [2.24, 2.45) is 0 Å². The van der Waals surface area contributed by atoms with E-state index < -0.39 is 32.4 Å². The normalized spacial score (nSPS) is 11.9. The van der Waals surface area contributed by atoms with E-state index in [1.54, 1.807) is 12.1 Å². The number of nitrogens with zero attached hydrogens (tertiary/aromatic N) is 2. The van der Waals surface area contributed by atoms with Crippen LogP contribution in [-0.2, 0) is 23.1 Å². The Kier molecular flexibility index (Phi) is 7.09. The quantitative estimate of drug-likeness (QED) is 0.486. The van der Waals surface area contributed by atoms with Crippen molar-refractivity contribution in [1.82, 2.24) is 10.1 Å². The van der Waals surface area contributed by atoms with E-state index in [0.29, 0.717) is 12.1 Å². The highest BCUT2D eigenvalue weighted by molar-refractivity contribution is 7.92. The van der Waals surface area contributed by atoms with Crippen molar-refractivity contribution < 1.29 is 26.1 Å². The fraction of sp³-hybridized carbons (Fsp3) is 0.286. The van der Waals surface area contributed by atoms with Gasteiger partial charge in [-0.15, -0.1) is 0 Å². The summed E-state index contributed by atoms with van der Waals surface area (Å²) < 4.78 is 74.7. The van der Waals surface area contributed by atoms with Gasteiger partial charge in [-0.2, -0.15) is 0 Å². The Bertz CT molecular complexity index is 1160. The standard InChI is InChI=1S/C21H23F3N4O3S/c1-13(2)28(3)12-14-5-4-6-17(22)16(14)11-25-15-9-18(23)21(19(24)10-15)32(29,30)27-20-7-8-31-26-20/h4-10,13,25H,11-12H2,1-3H3,(H,26,27). The van der Waals surface area contributed by atoms with E-state index in [-0.39, 0.29) is 24.1 Å². The lowest BCUT2D eigenvalue weighted by molar-refractivity contribution is 0.264. The summed E-state index contributed by atoms with van der Waals surface area (Å²) in [6, 6.07) is 7.79. The fourth-order valence-corrected chi connectivity index (χ4v) is 4.08. The van der Waals surface area contributed by atoms with E-state index in [4.69, 9.17) is 0 Å². The lowest BCUT2D eigenvalue weighted by Crippen LogP contribution is -2.26. The van der Waals surface area contributed by atoms with Crippen LogP contribution in [0.4, 0.5) is 24.7 Å². The first-order valence-corrected chi connectivity index (χ1v) is 11.2. The second-order valence-corrected chi connectivity index (χ2v) is 9.12. The maximum atomic E-state index is 14.6. The van der Waals surface area contributed by atoms with Crippen molar-refractivity contribution in [3.63, 3.8) is 0 Å². The summed E-state index contributed by atoms with van der Waals surface area (Å²) in [7, 11) is -2.67. The topological polar surface area (TPSA) is 87.5 Å². The summed E-state index contributed by atoms with van der Waals surface area (Å²) in [5, 5.41) is 6.12. The Hall–Kier alpha value is -3.05. The summed E-state index contributed by atoms with van der Waals surface area (Å²) in [5.41, 5.74) is 1.04. The number of hydrogen-bond acceptors (Lipinski definition) is 6. The summed E-state index contributed by atoms with van der Waals surface area (Å²) >= 11 is 0. The molecule has 7 nitrogen and oxygen atoms in total. The molecule has 0 fully saturated rings. The smallest absolute Gasteiger partial charge is 0.269 e. The molecule has 3 rings (SSSR count). The van der Waals surface area contributed by atoms with Gasteiger partial charge in [-0.1, -0.05) is 17.3 Å². The fourth-order valence-electron chi connectivity index (χ4n) is 2.96. The van der Waals surface area contributed by atoms with Gasteiger partial charge in [0.15, 0.2) is 10.7 Å². The van der Waals surface area contributed by atoms with Crippen molar-refractivity contribution in [2.75, 3.05) is 17.1 Å². The molecule has 0 bridgehead atoms. The molecule has 1 heterocycles. The van der Waals surface area contributed by atoms with E-state index in [9.17, 15) is 21.6 Å². The first-order chi connectivity index (χ1) is 15.1. The molecule has 0 aliphatic carbocycles. The van der Waals surface area contributed by atoms with Crippen LogP contribution in [0.3, 0.4) is 0 Å². The summed E-state index contributed by atoms with van der Waals surface area (Å²) in [6.07, 6.45) is 1.10. The first-order valence-electron chi connectivity index (χ1n) is 9.71. The van der Waals surface area contributed by atoms with Crippen molar-refractivity contribution in [1.29, 1.82) is 0 Å². The molecule has 0 aliphatic rings. The predicted molar refractivity (Wildman–Crippen MR) is 114 cm³/mol. The Morgan fingerprint density at radius 2 is 1.78 bits per heavy atom. The SMILES string of the molecule is CC(C)N(C)Cc1cccc(F)c1CNc1cc(F)c(S(=O)(=O)Nc2ccon2)c(F)c1. The number of anilines is 2. The number of halogens is 3. The highest BCUT2D eigenvalue weighted by Gasteiger charge is 2.26. The molecule has 11 heteroatoms. The average Bonchev–Trinajstić information content (AvgIpc) is 3.18. The second-order valence-electron chi connectivity index (χ2n) is 7.50. The molecule has 0 amide bonds. The zero-order valence-corrected chi connectivity index (χ0v) is 18.5. The lowest BCUT2D eigenvalue weighted by Gasteiger charge is -2.23. The molecule has 1 aromatic heterocycles. The number of nitrogens with one attached hydrogen (secondary N) is 2. The average molecular weight is 469 g/mol. The van der Waals surface area contributed by atoms with Crippen LogP contribution >= 0.6 is 0 Å². The van der Waals surface area contributed by atoms with Gasteiger partial charge in [0.25, 0.3) is 10.0 Å². The summed E-state index contributed by atoms with van der Waals surface area (Å²) in [5.74, 6) is -3.29. The molecule has 0 atom stereocenters. The third-order valence-electron chi connectivity index (χ3n) is 4.93. The van der Waals surface area contributed by atoms with Crippen LogP contribution in [0.25, 0.3) is 0 Å². The molecule has 172 valence electrons. The number of benzene rings is 2. The van der Waals surface area contributed by atoms with Gasteiger partial charge in [0.1, 0.15) is 23.7 Å². The van der Waals surface area contributed by atoms with E-state index in [0.717, 1.165) is 24.0 Å². The maximum Gasteiger partial charge on any atom is 0.269 e. The Labute approximate surface area is 184 Å². The van der Waals surface area contributed by atoms with Crippen LogP contribution in [-0.4, -0.2) is 31.6 Å². The highest BCUT2D eigenvalue weighted by atomic mass is 32.2. The Morgan fingerprint density at radius 1 is 1.09 bits per heavy atom. The van der Waals surface area contributed by atoms with Crippen LogP contribution in [0.2, 0.25) is 0 Å². The number of rotatable bonds is 9. The monoisotopic (exact) mass is 468 g/mol. The van der Waals surface area contributed by atoms with Crippen LogP contribution < -0.4 is 10.0 Å². The highest BCUT2D eigenvalue weighted by Crippen LogP contribution is 2.26. The lowest BCUT2D eigenvalue weighted by atomic mass is 10.1. The third-order valence-corrected chi connectivity index (χ3v) is 6.34. The summed E-state index contributed by atoms with van der Waals surface area (Å²) in [4.78, 5) is 0.871. The van der Waals surface area contributed by atoms with Gasteiger partial charge in [0.05, 0.1) is 0 Å². The van der Waals surface area contributed by atoms with Crippen LogP contribution in [0, 0.1) is 17.5 Å². The van der Waals surface area contributed by atoms with Crippen molar-refractivity contribution in [2.45, 2.75) is 37.9 Å². The number of sulfonamides is 1. The van der Waals surface area contributed by atoms with E-state index in [2.05, 4.69) is 15.0 Å². The van der Waals surface area contributed by atoms with Gasteiger partial charge >= 0.3 is 0 Å². The Balaban J connectivity index is 1.82. The van der Waals surface area contributed by atoms with E-state index in [1.165, 1.54) is 12.1 Å². The zero-order chi connectivity index (χ0) is 23.5. The van der Waals surface area contributed by atoms with Gasteiger partial charge < -0.3 is 9.84 Å². The van der Waals surface area contributed by atoms with Crippen LogP contribution in [0.15, 0.2) is 52.1 Å². The molecule has 32 heavy (non-hydrogen) atoms. The molecular weight excluding hydrogens is 445 g/mol. The largest absolute Gasteiger partial charge is 0.381 e. The maximum absolute atomic E-state index is 14.6.